The molecule has 1 amide bonds. The Kier molecular flexibility index (Phi) is 5.54. The van der Waals surface area contributed by atoms with Gasteiger partial charge in [-0.3, -0.25) is 14.4 Å². The number of carbonyl (C=O) groups is 3. The predicted molar refractivity (Wildman–Crippen MR) is 92.9 cm³/mol. The van der Waals surface area contributed by atoms with Crippen molar-refractivity contribution in [2.75, 3.05) is 5.32 Å². The van der Waals surface area contributed by atoms with Gasteiger partial charge in [0.25, 0.3) is 5.91 Å². The molecule has 0 aliphatic carbocycles. The van der Waals surface area contributed by atoms with Gasteiger partial charge < -0.3 is 14.8 Å². The Morgan fingerprint density at radius 2 is 1.44 bits per heavy atom. The van der Waals surface area contributed by atoms with Gasteiger partial charge in [0.05, 0.1) is 0 Å². The van der Waals surface area contributed by atoms with E-state index in [-0.39, 0.29) is 17.4 Å². The summed E-state index contributed by atoms with van der Waals surface area (Å²) >= 11 is 0. The zero-order valence-corrected chi connectivity index (χ0v) is 14.5. The molecular formula is C19H19NO5. The predicted octanol–water partition coefficient (Wildman–Crippen LogP) is 3.41. The summed E-state index contributed by atoms with van der Waals surface area (Å²) in [5.74, 6) is -1.24. The molecule has 2 aromatic rings. The summed E-state index contributed by atoms with van der Waals surface area (Å²) in [6.07, 6.45) is 0. The Bertz CT molecular complexity index is 842. The Balaban J connectivity index is 2.26. The molecule has 2 rings (SSSR count). The van der Waals surface area contributed by atoms with Gasteiger partial charge in [0.1, 0.15) is 0 Å². The van der Waals surface area contributed by atoms with Crippen molar-refractivity contribution in [2.24, 2.45) is 0 Å². The van der Waals surface area contributed by atoms with Crippen molar-refractivity contribution < 1.29 is 23.9 Å². The molecule has 0 bridgehead atoms. The van der Waals surface area contributed by atoms with Crippen LogP contribution in [0.4, 0.5) is 5.69 Å². The topological polar surface area (TPSA) is 81.7 Å². The quantitative estimate of drug-likeness (QED) is 0.681. The van der Waals surface area contributed by atoms with Crippen molar-refractivity contribution in [3.8, 4) is 11.5 Å². The molecule has 6 nitrogen and oxygen atoms in total. The minimum absolute atomic E-state index is 0.0561. The molecule has 0 fully saturated rings. The minimum atomic E-state index is -0.564. The molecule has 0 aliphatic heterocycles. The summed E-state index contributed by atoms with van der Waals surface area (Å²) in [5, 5.41) is 2.73. The van der Waals surface area contributed by atoms with Gasteiger partial charge in [0.2, 0.25) is 0 Å². The van der Waals surface area contributed by atoms with Crippen molar-refractivity contribution in [2.45, 2.75) is 27.7 Å². The third-order valence-corrected chi connectivity index (χ3v) is 3.48. The van der Waals surface area contributed by atoms with Crippen LogP contribution in [0.1, 0.15) is 35.3 Å². The zero-order valence-electron chi connectivity index (χ0n) is 14.5. The molecule has 0 radical (unpaired) electrons. The van der Waals surface area contributed by atoms with Gasteiger partial charge in [-0.15, -0.1) is 0 Å². The molecule has 0 spiro atoms. The molecular weight excluding hydrogens is 322 g/mol. The number of hydrogen-bond donors (Lipinski definition) is 1. The van der Waals surface area contributed by atoms with E-state index in [1.165, 1.54) is 26.0 Å². The maximum absolute atomic E-state index is 12.4. The van der Waals surface area contributed by atoms with Crippen molar-refractivity contribution in [1.29, 1.82) is 0 Å². The minimum Gasteiger partial charge on any atom is -0.423 e. The molecule has 0 aliphatic rings. The molecule has 0 heterocycles. The lowest BCUT2D eigenvalue weighted by Crippen LogP contribution is -2.13. The molecule has 0 atom stereocenters. The fourth-order valence-electron chi connectivity index (χ4n) is 2.15. The van der Waals surface area contributed by atoms with Crippen molar-refractivity contribution in [3.63, 3.8) is 0 Å². The second kappa shape index (κ2) is 7.61. The number of amides is 1. The number of hydrogen-bond acceptors (Lipinski definition) is 5. The van der Waals surface area contributed by atoms with E-state index in [1.807, 2.05) is 19.9 Å². The maximum atomic E-state index is 12.4. The first-order valence-corrected chi connectivity index (χ1v) is 7.65. The van der Waals surface area contributed by atoms with E-state index < -0.39 is 11.9 Å². The summed E-state index contributed by atoms with van der Waals surface area (Å²) in [7, 11) is 0. The molecule has 0 unspecified atom stereocenters. The van der Waals surface area contributed by atoms with Gasteiger partial charge in [-0.2, -0.15) is 0 Å². The lowest BCUT2D eigenvalue weighted by molar-refractivity contribution is -0.134. The third-order valence-electron chi connectivity index (χ3n) is 3.48. The maximum Gasteiger partial charge on any atom is 0.308 e. The summed E-state index contributed by atoms with van der Waals surface area (Å²) in [6, 6.07) is 9.85. The van der Waals surface area contributed by atoms with E-state index in [2.05, 4.69) is 5.32 Å². The largest absolute Gasteiger partial charge is 0.423 e. The Morgan fingerprint density at radius 3 is 2.04 bits per heavy atom. The number of aryl methyl sites for hydroxylation is 2. The van der Waals surface area contributed by atoms with Crippen LogP contribution in [0.25, 0.3) is 0 Å². The normalized spacial score (nSPS) is 10.1. The molecule has 25 heavy (non-hydrogen) atoms. The smallest absolute Gasteiger partial charge is 0.308 e. The van der Waals surface area contributed by atoms with Crippen LogP contribution in [0.3, 0.4) is 0 Å². The summed E-state index contributed by atoms with van der Waals surface area (Å²) in [5.41, 5.74) is 3.04. The van der Waals surface area contributed by atoms with Crippen LogP contribution in [0.2, 0.25) is 0 Å². The SMILES string of the molecule is CC(=O)Oc1ccc(NC(=O)c2ccc(C)c(C)c2)cc1OC(C)=O. The van der Waals surface area contributed by atoms with Crippen LogP contribution in [-0.2, 0) is 9.59 Å². The summed E-state index contributed by atoms with van der Waals surface area (Å²) in [6.45, 7) is 6.37. The van der Waals surface area contributed by atoms with Gasteiger partial charge in [0.15, 0.2) is 11.5 Å². The monoisotopic (exact) mass is 341 g/mol. The average Bonchev–Trinajstić information content (AvgIpc) is 2.51. The van der Waals surface area contributed by atoms with Crippen LogP contribution < -0.4 is 14.8 Å². The molecule has 0 saturated carbocycles. The molecule has 1 N–H and O–H groups in total. The second-order valence-corrected chi connectivity index (χ2v) is 5.60. The van der Waals surface area contributed by atoms with E-state index in [1.54, 1.807) is 18.2 Å². The number of ether oxygens (including phenoxy) is 2. The van der Waals surface area contributed by atoms with Crippen LogP contribution in [0.15, 0.2) is 36.4 Å². The Hall–Kier alpha value is -3.15. The number of benzene rings is 2. The number of nitrogens with one attached hydrogen (secondary N) is 1. The lowest BCUT2D eigenvalue weighted by atomic mass is 10.1. The highest BCUT2D eigenvalue weighted by Crippen LogP contribution is 2.31. The third kappa shape index (κ3) is 4.91. The van der Waals surface area contributed by atoms with E-state index in [9.17, 15) is 14.4 Å². The van der Waals surface area contributed by atoms with Gasteiger partial charge in [0, 0.05) is 31.2 Å². The molecule has 0 aromatic heterocycles. The van der Waals surface area contributed by atoms with E-state index in [0.29, 0.717) is 11.3 Å². The van der Waals surface area contributed by atoms with Gasteiger partial charge in [-0.05, 0) is 49.2 Å². The first kappa shape index (κ1) is 18.2. The van der Waals surface area contributed by atoms with Crippen LogP contribution in [0, 0.1) is 13.8 Å². The average molecular weight is 341 g/mol. The standard InChI is InChI=1S/C19H19NO5/c1-11-5-6-15(9-12(11)2)19(23)20-16-7-8-17(24-13(3)21)18(10-16)25-14(4)22/h5-10H,1-4H3,(H,20,23). The van der Waals surface area contributed by atoms with E-state index in [0.717, 1.165) is 11.1 Å². The number of rotatable bonds is 4. The second-order valence-electron chi connectivity index (χ2n) is 5.60. The highest BCUT2D eigenvalue weighted by Gasteiger charge is 2.13. The van der Waals surface area contributed by atoms with Gasteiger partial charge >= 0.3 is 11.9 Å². The number of carbonyl (C=O) groups excluding carboxylic acids is 3. The fraction of sp³-hybridized carbons (Fsp3) is 0.211. The van der Waals surface area contributed by atoms with Crippen molar-refractivity contribution in [1.82, 2.24) is 0 Å². The van der Waals surface area contributed by atoms with Gasteiger partial charge in [-0.25, -0.2) is 0 Å². The van der Waals surface area contributed by atoms with Crippen molar-refractivity contribution >= 4 is 23.5 Å². The van der Waals surface area contributed by atoms with Crippen molar-refractivity contribution in [3.05, 3.63) is 53.1 Å². The van der Waals surface area contributed by atoms with E-state index in [4.69, 9.17) is 9.47 Å². The molecule has 130 valence electrons. The highest BCUT2D eigenvalue weighted by atomic mass is 16.6. The first-order valence-electron chi connectivity index (χ1n) is 7.65. The van der Waals surface area contributed by atoms with Crippen LogP contribution in [-0.4, -0.2) is 17.8 Å². The van der Waals surface area contributed by atoms with Crippen LogP contribution in [0.5, 0.6) is 11.5 Å². The lowest BCUT2D eigenvalue weighted by Gasteiger charge is -2.12. The van der Waals surface area contributed by atoms with E-state index >= 15 is 0 Å². The van der Waals surface area contributed by atoms with Gasteiger partial charge in [-0.1, -0.05) is 6.07 Å². The highest BCUT2D eigenvalue weighted by molar-refractivity contribution is 6.04. The van der Waals surface area contributed by atoms with Crippen LogP contribution >= 0.6 is 0 Å². The molecule has 0 saturated heterocycles. The number of esters is 2. The fourth-order valence-corrected chi connectivity index (χ4v) is 2.15. The zero-order chi connectivity index (χ0) is 18.6. The summed E-state index contributed by atoms with van der Waals surface area (Å²) in [4.78, 5) is 34.7. The first-order chi connectivity index (χ1) is 11.8. The summed E-state index contributed by atoms with van der Waals surface area (Å²) < 4.78 is 10.0. The molecule has 6 heteroatoms. The molecule has 2 aromatic carbocycles. The Labute approximate surface area is 145 Å². The Morgan fingerprint density at radius 1 is 0.800 bits per heavy atom. The number of anilines is 1.